The summed E-state index contributed by atoms with van der Waals surface area (Å²) < 4.78 is 7.12. The molecule has 8 heteroatoms. The normalized spacial score (nSPS) is 22.0. The van der Waals surface area contributed by atoms with Crippen LogP contribution in [0.1, 0.15) is 16.9 Å². The molecule has 0 aliphatic carbocycles. The second-order valence-corrected chi connectivity index (χ2v) is 4.92. The predicted octanol–water partition coefficient (Wildman–Crippen LogP) is -0.975. The highest BCUT2D eigenvalue weighted by Gasteiger charge is 2.33. The Kier molecular flexibility index (Phi) is 3.31. The summed E-state index contributed by atoms with van der Waals surface area (Å²) in [6.45, 7) is 2.59. The fraction of sp³-hybridized carbons (Fsp3) is 0.583. The van der Waals surface area contributed by atoms with Crippen LogP contribution in [0.15, 0.2) is 6.20 Å². The van der Waals surface area contributed by atoms with Gasteiger partial charge in [-0.15, -0.1) is 0 Å². The quantitative estimate of drug-likeness (QED) is 0.724. The fourth-order valence-electron chi connectivity index (χ4n) is 2.51. The zero-order chi connectivity index (χ0) is 14.1. The molecule has 108 valence electrons. The third-order valence-electron chi connectivity index (χ3n) is 3.57. The number of amides is 2. The summed E-state index contributed by atoms with van der Waals surface area (Å²) in [6, 6.07) is -0.720. The van der Waals surface area contributed by atoms with Gasteiger partial charge >= 0.3 is 0 Å². The molecule has 3 N–H and O–H groups in total. The summed E-state index contributed by atoms with van der Waals surface area (Å²) in [6.07, 6.45) is 2.72. The van der Waals surface area contributed by atoms with Crippen LogP contribution in [0.4, 0.5) is 5.95 Å². The van der Waals surface area contributed by atoms with Crippen molar-refractivity contribution in [3.05, 3.63) is 11.9 Å². The molecule has 1 atom stereocenters. The minimum atomic E-state index is -0.720. The van der Waals surface area contributed by atoms with Gasteiger partial charge in [0.2, 0.25) is 11.9 Å². The molecule has 1 fully saturated rings. The van der Waals surface area contributed by atoms with E-state index in [-0.39, 0.29) is 12.5 Å². The molecule has 0 bridgehead atoms. The number of rotatable bonds is 2. The summed E-state index contributed by atoms with van der Waals surface area (Å²) in [4.78, 5) is 29.6. The van der Waals surface area contributed by atoms with Crippen LogP contribution in [0.25, 0.3) is 0 Å². The molecule has 1 unspecified atom stereocenters. The van der Waals surface area contributed by atoms with Gasteiger partial charge in [0.1, 0.15) is 11.7 Å². The van der Waals surface area contributed by atoms with E-state index in [1.807, 2.05) is 4.57 Å². The molecule has 1 saturated heterocycles. The number of morpholine rings is 1. The van der Waals surface area contributed by atoms with Crippen LogP contribution >= 0.6 is 0 Å². The van der Waals surface area contributed by atoms with Gasteiger partial charge in [0.15, 0.2) is 0 Å². The minimum absolute atomic E-state index is 0.146. The Morgan fingerprint density at radius 3 is 3.05 bits per heavy atom. The van der Waals surface area contributed by atoms with Crippen LogP contribution in [0, 0.1) is 0 Å². The first-order chi connectivity index (χ1) is 9.66. The van der Waals surface area contributed by atoms with E-state index >= 15 is 0 Å². The number of hydrogen-bond donors (Lipinski definition) is 2. The van der Waals surface area contributed by atoms with Gasteiger partial charge in [0.25, 0.3) is 5.91 Å². The molecule has 3 rings (SSSR count). The lowest BCUT2D eigenvalue weighted by Crippen LogP contribution is -2.54. The van der Waals surface area contributed by atoms with Gasteiger partial charge in [0, 0.05) is 25.8 Å². The molecule has 20 heavy (non-hydrogen) atoms. The van der Waals surface area contributed by atoms with E-state index in [2.05, 4.69) is 10.3 Å². The van der Waals surface area contributed by atoms with Gasteiger partial charge in [-0.2, -0.15) is 0 Å². The maximum atomic E-state index is 12.5. The summed E-state index contributed by atoms with van der Waals surface area (Å²) in [5.74, 6) is -0.135. The number of nitrogens with one attached hydrogen (secondary N) is 1. The van der Waals surface area contributed by atoms with Gasteiger partial charge in [0.05, 0.1) is 13.2 Å². The number of ether oxygens (including phenoxy) is 1. The first kappa shape index (κ1) is 12.9. The number of anilines is 1. The first-order valence-electron chi connectivity index (χ1n) is 6.66. The van der Waals surface area contributed by atoms with Gasteiger partial charge in [-0.25, -0.2) is 4.98 Å². The molecule has 0 saturated carbocycles. The molecular weight excluding hydrogens is 262 g/mol. The molecule has 0 aromatic carbocycles. The topological polar surface area (TPSA) is 102 Å². The number of carbonyl (C=O) groups is 2. The van der Waals surface area contributed by atoms with Crippen LogP contribution in [0.5, 0.6) is 0 Å². The molecule has 0 radical (unpaired) electrons. The summed E-state index contributed by atoms with van der Waals surface area (Å²) >= 11 is 0. The van der Waals surface area contributed by atoms with Crippen molar-refractivity contribution in [2.75, 3.05) is 31.6 Å². The Hall–Kier alpha value is -2.09. The minimum Gasteiger partial charge on any atom is -0.377 e. The van der Waals surface area contributed by atoms with Crippen LogP contribution in [-0.4, -0.2) is 58.6 Å². The van der Waals surface area contributed by atoms with Crippen molar-refractivity contribution in [2.24, 2.45) is 5.73 Å². The number of aromatic nitrogens is 2. The zero-order valence-corrected chi connectivity index (χ0v) is 11.0. The zero-order valence-electron chi connectivity index (χ0n) is 11.0. The lowest BCUT2D eigenvalue weighted by atomic mass is 10.2. The molecule has 1 aromatic heterocycles. The molecule has 1 aromatic rings. The van der Waals surface area contributed by atoms with Crippen molar-refractivity contribution in [3.8, 4) is 0 Å². The largest absolute Gasteiger partial charge is 0.377 e. The van der Waals surface area contributed by atoms with E-state index in [1.165, 1.54) is 4.90 Å². The number of nitrogens with two attached hydrogens (primary N) is 1. The smallest absolute Gasteiger partial charge is 0.274 e. The first-order valence-corrected chi connectivity index (χ1v) is 6.66. The second kappa shape index (κ2) is 5.12. The Labute approximate surface area is 115 Å². The Morgan fingerprint density at radius 2 is 2.30 bits per heavy atom. The molecular formula is C12H17N5O3. The Bertz CT molecular complexity index is 518. The van der Waals surface area contributed by atoms with Crippen molar-refractivity contribution in [1.82, 2.24) is 14.5 Å². The highest BCUT2D eigenvalue weighted by atomic mass is 16.5. The highest BCUT2D eigenvalue weighted by molar-refractivity contribution is 5.96. The molecule has 2 aliphatic rings. The number of fused-ring (bicyclic) bond motifs is 1. The third kappa shape index (κ3) is 2.22. The van der Waals surface area contributed by atoms with Crippen LogP contribution in [0.2, 0.25) is 0 Å². The van der Waals surface area contributed by atoms with Crippen molar-refractivity contribution in [1.29, 1.82) is 0 Å². The Morgan fingerprint density at radius 1 is 1.45 bits per heavy atom. The fourth-order valence-corrected chi connectivity index (χ4v) is 2.51. The number of hydrogen-bond acceptors (Lipinski definition) is 5. The number of nitrogens with zero attached hydrogens (tertiary/aromatic N) is 3. The average Bonchev–Trinajstić information content (AvgIpc) is 2.90. The molecule has 2 amide bonds. The maximum Gasteiger partial charge on any atom is 0.274 e. The molecule has 2 aliphatic heterocycles. The standard InChI is InChI=1S/C12H17N5O3/c13-10(18)9-7-20-5-4-17(9)11(19)8-6-16-3-1-2-14-12(16)15-8/h6,9H,1-5,7H2,(H2,13,18)(H,14,15). The van der Waals surface area contributed by atoms with Crippen molar-refractivity contribution in [3.63, 3.8) is 0 Å². The van der Waals surface area contributed by atoms with Crippen molar-refractivity contribution < 1.29 is 14.3 Å². The van der Waals surface area contributed by atoms with Crippen molar-refractivity contribution >= 4 is 17.8 Å². The Balaban J connectivity index is 1.83. The SMILES string of the molecule is NC(=O)C1COCCN1C(=O)c1cn2c(n1)NCCC2. The molecule has 3 heterocycles. The number of primary amides is 1. The third-order valence-corrected chi connectivity index (χ3v) is 3.57. The van der Waals surface area contributed by atoms with Crippen LogP contribution in [0.3, 0.4) is 0 Å². The van der Waals surface area contributed by atoms with E-state index in [9.17, 15) is 9.59 Å². The summed E-state index contributed by atoms with van der Waals surface area (Å²) in [7, 11) is 0. The number of imidazole rings is 1. The monoisotopic (exact) mass is 279 g/mol. The maximum absolute atomic E-state index is 12.5. The second-order valence-electron chi connectivity index (χ2n) is 4.92. The summed E-state index contributed by atoms with van der Waals surface area (Å²) in [5.41, 5.74) is 5.66. The lowest BCUT2D eigenvalue weighted by Gasteiger charge is -2.32. The summed E-state index contributed by atoms with van der Waals surface area (Å²) in [5, 5.41) is 3.14. The molecule has 8 nitrogen and oxygen atoms in total. The highest BCUT2D eigenvalue weighted by Crippen LogP contribution is 2.17. The van der Waals surface area contributed by atoms with Crippen LogP contribution in [-0.2, 0) is 16.1 Å². The average molecular weight is 279 g/mol. The van der Waals surface area contributed by atoms with Gasteiger partial charge in [-0.1, -0.05) is 0 Å². The number of aryl methyl sites for hydroxylation is 1. The lowest BCUT2D eigenvalue weighted by molar-refractivity contribution is -0.127. The van der Waals surface area contributed by atoms with Gasteiger partial charge < -0.3 is 25.3 Å². The van der Waals surface area contributed by atoms with E-state index in [1.54, 1.807) is 6.20 Å². The van der Waals surface area contributed by atoms with E-state index in [4.69, 9.17) is 10.5 Å². The molecule has 0 spiro atoms. The van der Waals surface area contributed by atoms with E-state index in [0.717, 1.165) is 19.5 Å². The van der Waals surface area contributed by atoms with Crippen molar-refractivity contribution in [2.45, 2.75) is 19.0 Å². The van der Waals surface area contributed by atoms with Gasteiger partial charge in [-0.3, -0.25) is 9.59 Å². The predicted molar refractivity (Wildman–Crippen MR) is 70.2 cm³/mol. The van der Waals surface area contributed by atoms with E-state index in [0.29, 0.717) is 24.8 Å². The number of carbonyl (C=O) groups excluding carboxylic acids is 2. The van der Waals surface area contributed by atoms with Gasteiger partial charge in [-0.05, 0) is 6.42 Å². The van der Waals surface area contributed by atoms with Crippen LogP contribution < -0.4 is 11.1 Å². The van der Waals surface area contributed by atoms with E-state index < -0.39 is 11.9 Å².